The van der Waals surface area contributed by atoms with Crippen LogP contribution in [0.25, 0.3) is 6.08 Å². The fourth-order valence-electron chi connectivity index (χ4n) is 1.17. The summed E-state index contributed by atoms with van der Waals surface area (Å²) in [6, 6.07) is 3.55. The summed E-state index contributed by atoms with van der Waals surface area (Å²) in [7, 11) is 3.54. The summed E-state index contributed by atoms with van der Waals surface area (Å²) in [5.41, 5.74) is -0.245. The van der Waals surface area contributed by atoms with Gasteiger partial charge in [-0.15, -0.1) is 0 Å². The van der Waals surface area contributed by atoms with Gasteiger partial charge in [0.25, 0.3) is 11.4 Å². The van der Waals surface area contributed by atoms with E-state index >= 15 is 0 Å². The van der Waals surface area contributed by atoms with Crippen molar-refractivity contribution >= 4 is 17.5 Å². The average Bonchev–Trinajstić information content (AvgIpc) is 2.25. The summed E-state index contributed by atoms with van der Waals surface area (Å²) in [6.07, 6.45) is 3.16. The molecule has 0 saturated carbocycles. The van der Waals surface area contributed by atoms with Crippen LogP contribution < -0.4 is 0 Å². The summed E-state index contributed by atoms with van der Waals surface area (Å²) in [5.74, 6) is 0. The summed E-state index contributed by atoms with van der Waals surface area (Å²) in [6.45, 7) is 0. The van der Waals surface area contributed by atoms with E-state index in [0.717, 1.165) is 6.07 Å². The van der Waals surface area contributed by atoms with Crippen molar-refractivity contribution in [1.82, 2.24) is 4.90 Å². The molecule has 0 aliphatic rings. The van der Waals surface area contributed by atoms with Gasteiger partial charge in [-0.05, 0) is 18.3 Å². The van der Waals surface area contributed by atoms with Crippen LogP contribution in [0.3, 0.4) is 0 Å². The van der Waals surface area contributed by atoms with Gasteiger partial charge < -0.3 is 4.90 Å². The topological polar surface area (TPSA) is 89.5 Å². The zero-order valence-corrected chi connectivity index (χ0v) is 9.36. The van der Waals surface area contributed by atoms with Gasteiger partial charge in [0, 0.05) is 20.2 Å². The number of nitrogens with zero attached hydrogens (tertiary/aromatic N) is 3. The van der Waals surface area contributed by atoms with Gasteiger partial charge in [-0.2, -0.15) is 0 Å². The van der Waals surface area contributed by atoms with Crippen LogP contribution in [0.2, 0.25) is 0 Å². The van der Waals surface area contributed by atoms with E-state index in [-0.39, 0.29) is 11.4 Å². The standard InChI is InChI=1S/C10H11N3O4/c1-11(2)6-5-8-3-4-9(12(14)15)7-10(8)13(16)17/h3-7H,1-2H3. The first-order chi connectivity index (χ1) is 7.91. The summed E-state index contributed by atoms with van der Waals surface area (Å²) in [5, 5.41) is 21.3. The quantitative estimate of drug-likeness (QED) is 0.590. The second-order valence-electron chi connectivity index (χ2n) is 3.54. The molecule has 0 spiro atoms. The normalized spacial score (nSPS) is 10.5. The van der Waals surface area contributed by atoms with Gasteiger partial charge in [0.1, 0.15) is 0 Å². The number of hydrogen-bond donors (Lipinski definition) is 0. The van der Waals surface area contributed by atoms with Crippen LogP contribution in [0.1, 0.15) is 5.56 Å². The summed E-state index contributed by atoms with van der Waals surface area (Å²) in [4.78, 5) is 21.7. The Morgan fingerprint density at radius 2 is 1.82 bits per heavy atom. The minimum Gasteiger partial charge on any atom is -0.383 e. The van der Waals surface area contributed by atoms with Crippen molar-refractivity contribution in [3.8, 4) is 0 Å². The van der Waals surface area contributed by atoms with Crippen molar-refractivity contribution in [3.05, 3.63) is 50.2 Å². The van der Waals surface area contributed by atoms with E-state index in [1.54, 1.807) is 25.2 Å². The Balaban J connectivity index is 3.22. The number of non-ortho nitro benzene ring substituents is 1. The molecular formula is C10H11N3O4. The molecule has 0 fully saturated rings. The Hall–Kier alpha value is -2.44. The molecule has 0 heterocycles. The van der Waals surface area contributed by atoms with Crippen molar-refractivity contribution < 1.29 is 9.85 Å². The predicted octanol–water partition coefficient (Wildman–Crippen LogP) is 2.04. The Morgan fingerprint density at radius 3 is 2.29 bits per heavy atom. The van der Waals surface area contributed by atoms with Crippen molar-refractivity contribution in [2.75, 3.05) is 14.1 Å². The third kappa shape index (κ3) is 3.26. The lowest BCUT2D eigenvalue weighted by molar-refractivity contribution is -0.394. The molecule has 0 amide bonds. The molecule has 7 nitrogen and oxygen atoms in total. The first-order valence-electron chi connectivity index (χ1n) is 4.69. The van der Waals surface area contributed by atoms with Crippen molar-refractivity contribution in [3.63, 3.8) is 0 Å². The highest BCUT2D eigenvalue weighted by Crippen LogP contribution is 2.25. The highest BCUT2D eigenvalue weighted by molar-refractivity contribution is 5.63. The number of hydrogen-bond acceptors (Lipinski definition) is 5. The van der Waals surface area contributed by atoms with Gasteiger partial charge in [0.15, 0.2) is 0 Å². The lowest BCUT2D eigenvalue weighted by atomic mass is 10.1. The Labute approximate surface area is 97.3 Å². The van der Waals surface area contributed by atoms with Crippen molar-refractivity contribution in [2.24, 2.45) is 0 Å². The van der Waals surface area contributed by atoms with Crippen LogP contribution in [0.4, 0.5) is 11.4 Å². The molecule has 0 atom stereocenters. The molecule has 17 heavy (non-hydrogen) atoms. The van der Waals surface area contributed by atoms with Crippen LogP contribution in [0, 0.1) is 20.2 Å². The molecule has 0 N–H and O–H groups in total. The minimum absolute atomic E-state index is 0.280. The van der Waals surface area contributed by atoms with Crippen LogP contribution >= 0.6 is 0 Å². The lowest BCUT2D eigenvalue weighted by Gasteiger charge is -2.03. The second-order valence-corrected chi connectivity index (χ2v) is 3.54. The maximum Gasteiger partial charge on any atom is 0.283 e. The second kappa shape index (κ2) is 5.06. The largest absolute Gasteiger partial charge is 0.383 e. The third-order valence-electron chi connectivity index (χ3n) is 1.97. The molecular weight excluding hydrogens is 226 g/mol. The molecule has 90 valence electrons. The van der Waals surface area contributed by atoms with Crippen LogP contribution in [-0.2, 0) is 0 Å². The van der Waals surface area contributed by atoms with Crippen LogP contribution in [-0.4, -0.2) is 28.8 Å². The van der Waals surface area contributed by atoms with Gasteiger partial charge in [-0.1, -0.05) is 0 Å². The SMILES string of the molecule is CN(C)C=Cc1ccc([N+](=O)[O-])cc1[N+](=O)[O-]. The predicted molar refractivity (Wildman–Crippen MR) is 62.5 cm³/mol. The molecule has 1 aromatic rings. The van der Waals surface area contributed by atoms with Gasteiger partial charge in [-0.3, -0.25) is 20.2 Å². The van der Waals surface area contributed by atoms with E-state index in [9.17, 15) is 20.2 Å². The van der Waals surface area contributed by atoms with Crippen LogP contribution in [0.5, 0.6) is 0 Å². The summed E-state index contributed by atoms with van der Waals surface area (Å²) < 4.78 is 0. The van der Waals surface area contributed by atoms with Crippen molar-refractivity contribution in [1.29, 1.82) is 0 Å². The highest BCUT2D eigenvalue weighted by Gasteiger charge is 2.17. The number of nitro groups is 2. The fraction of sp³-hybridized carbons (Fsp3) is 0.200. The maximum atomic E-state index is 10.8. The number of rotatable bonds is 4. The Kier molecular flexibility index (Phi) is 3.76. The molecule has 0 saturated heterocycles. The van der Waals surface area contributed by atoms with Crippen molar-refractivity contribution in [2.45, 2.75) is 0 Å². The molecule has 7 heteroatoms. The van der Waals surface area contributed by atoms with Gasteiger partial charge in [0.2, 0.25) is 0 Å². The third-order valence-corrected chi connectivity index (χ3v) is 1.97. The van der Waals surface area contributed by atoms with E-state index < -0.39 is 9.85 Å². The molecule has 1 aromatic carbocycles. The van der Waals surface area contributed by atoms with Gasteiger partial charge >= 0.3 is 0 Å². The minimum atomic E-state index is -0.660. The molecule has 0 radical (unpaired) electrons. The molecule has 1 rings (SSSR count). The monoisotopic (exact) mass is 237 g/mol. The molecule has 0 aliphatic carbocycles. The zero-order valence-electron chi connectivity index (χ0n) is 9.36. The molecule has 0 bridgehead atoms. The maximum absolute atomic E-state index is 10.8. The van der Waals surface area contributed by atoms with Gasteiger partial charge in [-0.25, -0.2) is 0 Å². The molecule has 0 unspecified atom stereocenters. The van der Waals surface area contributed by atoms with Gasteiger partial charge in [0.05, 0.1) is 21.5 Å². The van der Waals surface area contributed by atoms with Crippen LogP contribution in [0.15, 0.2) is 24.4 Å². The number of benzene rings is 1. The first-order valence-corrected chi connectivity index (χ1v) is 4.69. The van der Waals surface area contributed by atoms with E-state index in [1.807, 2.05) is 0 Å². The molecule has 0 aromatic heterocycles. The molecule has 0 aliphatic heterocycles. The Morgan fingerprint density at radius 1 is 1.18 bits per heavy atom. The average molecular weight is 237 g/mol. The lowest BCUT2D eigenvalue weighted by Crippen LogP contribution is -2.00. The smallest absolute Gasteiger partial charge is 0.283 e. The fourth-order valence-corrected chi connectivity index (χ4v) is 1.17. The van der Waals surface area contributed by atoms with E-state index in [0.29, 0.717) is 5.56 Å². The highest BCUT2D eigenvalue weighted by atomic mass is 16.6. The first kappa shape index (κ1) is 12.6. The zero-order chi connectivity index (χ0) is 13.0. The summed E-state index contributed by atoms with van der Waals surface area (Å²) >= 11 is 0. The Bertz CT molecular complexity index is 482. The van der Waals surface area contributed by atoms with E-state index in [1.165, 1.54) is 18.2 Å². The van der Waals surface area contributed by atoms with E-state index in [4.69, 9.17) is 0 Å². The van der Waals surface area contributed by atoms with E-state index in [2.05, 4.69) is 0 Å². The number of nitro benzene ring substituents is 2.